The van der Waals surface area contributed by atoms with Crippen molar-refractivity contribution in [3.05, 3.63) is 59.7 Å². The number of para-hydroxylation sites is 1. The summed E-state index contributed by atoms with van der Waals surface area (Å²) in [6.07, 6.45) is 0. The summed E-state index contributed by atoms with van der Waals surface area (Å²) in [6, 6.07) is 14.1. The van der Waals surface area contributed by atoms with Crippen molar-refractivity contribution >= 4 is 11.8 Å². The molecule has 6 nitrogen and oxygen atoms in total. The molecule has 0 bridgehead atoms. The Morgan fingerprint density at radius 2 is 1.77 bits per heavy atom. The van der Waals surface area contributed by atoms with Crippen LogP contribution in [-0.4, -0.2) is 31.6 Å². The van der Waals surface area contributed by atoms with E-state index in [1.54, 1.807) is 24.3 Å². The molecule has 0 unspecified atom stereocenters. The zero-order valence-electron chi connectivity index (χ0n) is 14.5. The van der Waals surface area contributed by atoms with Crippen molar-refractivity contribution in [2.75, 3.05) is 19.8 Å². The standard InChI is InChI=1S/C20H20N2O4/c1-15-8-10-16(11-9-15)26-14-19(23)22-12-4-5-13-25-18-7-3-2-6-17(18)20(21)24/h2-3,6-11H,12-14H2,1H3,(H2,21,24)(H,22,23). The van der Waals surface area contributed by atoms with Crippen molar-refractivity contribution in [2.24, 2.45) is 5.73 Å². The molecule has 0 aromatic heterocycles. The number of nitrogens with one attached hydrogen (secondary N) is 1. The minimum atomic E-state index is -0.561. The lowest BCUT2D eigenvalue weighted by molar-refractivity contribution is -0.122. The van der Waals surface area contributed by atoms with Crippen LogP contribution in [0.15, 0.2) is 48.5 Å². The third kappa shape index (κ3) is 6.21. The number of hydrogen-bond donors (Lipinski definition) is 2. The minimum Gasteiger partial charge on any atom is -0.484 e. The molecule has 2 aromatic rings. The molecule has 6 heteroatoms. The van der Waals surface area contributed by atoms with E-state index in [-0.39, 0.29) is 25.7 Å². The molecule has 0 aliphatic carbocycles. The Bertz CT molecular complexity index is 820. The van der Waals surface area contributed by atoms with Crippen LogP contribution >= 0.6 is 0 Å². The predicted molar refractivity (Wildman–Crippen MR) is 97.9 cm³/mol. The fourth-order valence-electron chi connectivity index (χ4n) is 2.00. The molecule has 0 heterocycles. The highest BCUT2D eigenvalue weighted by Crippen LogP contribution is 2.16. The van der Waals surface area contributed by atoms with Crippen LogP contribution < -0.4 is 20.5 Å². The third-order valence-electron chi connectivity index (χ3n) is 3.34. The van der Waals surface area contributed by atoms with Crippen LogP contribution in [0, 0.1) is 18.8 Å². The van der Waals surface area contributed by atoms with Crippen molar-refractivity contribution < 1.29 is 19.1 Å². The van der Waals surface area contributed by atoms with E-state index in [9.17, 15) is 9.59 Å². The number of hydrogen-bond acceptors (Lipinski definition) is 4. The van der Waals surface area contributed by atoms with Gasteiger partial charge in [-0.25, -0.2) is 0 Å². The summed E-state index contributed by atoms with van der Waals surface area (Å²) in [6.45, 7) is 2.16. The Morgan fingerprint density at radius 1 is 1.04 bits per heavy atom. The van der Waals surface area contributed by atoms with Crippen LogP contribution in [0.5, 0.6) is 11.5 Å². The average Bonchev–Trinajstić information content (AvgIpc) is 2.64. The molecule has 2 aromatic carbocycles. The van der Waals surface area contributed by atoms with E-state index in [1.165, 1.54) is 0 Å². The van der Waals surface area contributed by atoms with Crippen molar-refractivity contribution in [3.8, 4) is 23.3 Å². The fourth-order valence-corrected chi connectivity index (χ4v) is 2.00. The molecule has 0 fully saturated rings. The number of benzene rings is 2. The van der Waals surface area contributed by atoms with E-state index < -0.39 is 5.91 Å². The summed E-state index contributed by atoms with van der Waals surface area (Å²) in [4.78, 5) is 22.9. The van der Waals surface area contributed by atoms with E-state index >= 15 is 0 Å². The second-order valence-corrected chi connectivity index (χ2v) is 5.38. The number of carbonyl (C=O) groups is 2. The van der Waals surface area contributed by atoms with E-state index in [0.717, 1.165) is 5.56 Å². The lowest BCUT2D eigenvalue weighted by atomic mass is 10.2. The number of carbonyl (C=O) groups excluding carboxylic acids is 2. The summed E-state index contributed by atoms with van der Waals surface area (Å²) < 4.78 is 10.8. The van der Waals surface area contributed by atoms with Gasteiger partial charge in [-0.3, -0.25) is 9.59 Å². The van der Waals surface area contributed by atoms with Gasteiger partial charge in [0.15, 0.2) is 6.61 Å². The number of rotatable bonds is 7. The summed E-state index contributed by atoms with van der Waals surface area (Å²) in [5.41, 5.74) is 6.69. The Morgan fingerprint density at radius 3 is 2.50 bits per heavy atom. The van der Waals surface area contributed by atoms with E-state index in [1.807, 2.05) is 31.2 Å². The van der Waals surface area contributed by atoms with E-state index in [2.05, 4.69) is 17.2 Å². The predicted octanol–water partition coefficient (Wildman–Crippen LogP) is 1.67. The molecule has 0 aliphatic rings. The molecule has 134 valence electrons. The first-order valence-electron chi connectivity index (χ1n) is 8.00. The minimum absolute atomic E-state index is 0.0762. The zero-order valence-corrected chi connectivity index (χ0v) is 14.5. The van der Waals surface area contributed by atoms with Gasteiger partial charge in [0, 0.05) is 0 Å². The molecule has 0 spiro atoms. The second-order valence-electron chi connectivity index (χ2n) is 5.38. The van der Waals surface area contributed by atoms with Gasteiger partial charge in [0.05, 0.1) is 12.1 Å². The first-order chi connectivity index (χ1) is 12.6. The van der Waals surface area contributed by atoms with Gasteiger partial charge >= 0.3 is 0 Å². The Balaban J connectivity index is 1.68. The summed E-state index contributed by atoms with van der Waals surface area (Å²) in [7, 11) is 0. The van der Waals surface area contributed by atoms with Gasteiger partial charge in [0.2, 0.25) is 0 Å². The molecule has 0 atom stereocenters. The maximum atomic E-state index is 11.7. The van der Waals surface area contributed by atoms with Gasteiger partial charge in [-0.1, -0.05) is 41.7 Å². The molecule has 0 aliphatic heterocycles. The van der Waals surface area contributed by atoms with Crippen LogP contribution in [-0.2, 0) is 4.79 Å². The molecule has 26 heavy (non-hydrogen) atoms. The molecule has 3 N–H and O–H groups in total. The first kappa shape index (κ1) is 18.9. The quantitative estimate of drug-likeness (QED) is 0.742. The molecular weight excluding hydrogens is 332 g/mol. The Labute approximate surface area is 152 Å². The Kier molecular flexibility index (Phi) is 7.07. The number of amides is 2. The van der Waals surface area contributed by atoms with Gasteiger partial charge in [0.25, 0.3) is 11.8 Å². The van der Waals surface area contributed by atoms with Crippen LogP contribution in [0.25, 0.3) is 0 Å². The topological polar surface area (TPSA) is 90.7 Å². The van der Waals surface area contributed by atoms with Gasteiger partial charge < -0.3 is 20.5 Å². The molecule has 2 rings (SSSR count). The highest BCUT2D eigenvalue weighted by atomic mass is 16.5. The molecule has 2 amide bonds. The Hall–Kier alpha value is -3.46. The largest absolute Gasteiger partial charge is 0.484 e. The van der Waals surface area contributed by atoms with Crippen LogP contribution in [0.2, 0.25) is 0 Å². The number of primary amides is 1. The van der Waals surface area contributed by atoms with Crippen molar-refractivity contribution in [2.45, 2.75) is 6.92 Å². The maximum Gasteiger partial charge on any atom is 0.258 e. The van der Waals surface area contributed by atoms with Gasteiger partial charge in [-0.05, 0) is 31.2 Å². The van der Waals surface area contributed by atoms with Crippen LogP contribution in [0.3, 0.4) is 0 Å². The van der Waals surface area contributed by atoms with Gasteiger partial charge in [-0.15, -0.1) is 0 Å². The monoisotopic (exact) mass is 352 g/mol. The van der Waals surface area contributed by atoms with Gasteiger partial charge in [0.1, 0.15) is 18.1 Å². The lowest BCUT2D eigenvalue weighted by Crippen LogP contribution is -2.29. The second kappa shape index (κ2) is 9.74. The van der Waals surface area contributed by atoms with Crippen molar-refractivity contribution in [1.29, 1.82) is 0 Å². The molecule has 0 saturated heterocycles. The normalized spacial score (nSPS) is 9.58. The highest BCUT2D eigenvalue weighted by molar-refractivity contribution is 5.95. The first-order valence-corrected chi connectivity index (χ1v) is 8.00. The lowest BCUT2D eigenvalue weighted by Gasteiger charge is -2.06. The zero-order chi connectivity index (χ0) is 18.8. The van der Waals surface area contributed by atoms with Crippen LogP contribution in [0.1, 0.15) is 15.9 Å². The smallest absolute Gasteiger partial charge is 0.258 e. The van der Waals surface area contributed by atoms with Crippen molar-refractivity contribution in [1.82, 2.24) is 5.32 Å². The van der Waals surface area contributed by atoms with E-state index in [0.29, 0.717) is 17.1 Å². The summed E-state index contributed by atoms with van der Waals surface area (Å²) in [5, 5.41) is 2.63. The summed E-state index contributed by atoms with van der Waals surface area (Å²) in [5.74, 6) is 5.71. The third-order valence-corrected chi connectivity index (χ3v) is 3.34. The highest BCUT2D eigenvalue weighted by Gasteiger charge is 2.07. The average molecular weight is 352 g/mol. The SMILES string of the molecule is Cc1ccc(OCC(=O)NCC#CCOc2ccccc2C(N)=O)cc1. The molecule has 0 radical (unpaired) electrons. The number of aryl methyl sites for hydroxylation is 1. The fraction of sp³-hybridized carbons (Fsp3) is 0.200. The van der Waals surface area contributed by atoms with Gasteiger partial charge in [-0.2, -0.15) is 0 Å². The number of nitrogens with two attached hydrogens (primary N) is 1. The molecular formula is C20H20N2O4. The number of ether oxygens (including phenoxy) is 2. The molecule has 0 saturated carbocycles. The summed E-state index contributed by atoms with van der Waals surface area (Å²) >= 11 is 0. The van der Waals surface area contributed by atoms with E-state index in [4.69, 9.17) is 15.2 Å². The maximum absolute atomic E-state index is 11.7. The van der Waals surface area contributed by atoms with Crippen LogP contribution in [0.4, 0.5) is 0 Å². The van der Waals surface area contributed by atoms with Crippen molar-refractivity contribution in [3.63, 3.8) is 0 Å².